The van der Waals surface area contributed by atoms with Crippen molar-refractivity contribution in [2.45, 2.75) is 84.2 Å². The monoisotopic (exact) mass is 674 g/mol. The maximum atomic E-state index is 14.3. The Hall–Kier alpha value is -3.15. The molecule has 9 nitrogen and oxygen atoms in total. The van der Waals surface area contributed by atoms with Crippen LogP contribution in [0.2, 0.25) is 5.02 Å². The van der Waals surface area contributed by atoms with E-state index in [-0.39, 0.29) is 29.6 Å². The van der Waals surface area contributed by atoms with Crippen LogP contribution in [0.25, 0.3) is 0 Å². The van der Waals surface area contributed by atoms with Crippen molar-refractivity contribution < 1.29 is 18.8 Å². The highest BCUT2D eigenvalue weighted by atomic mass is 35.5. The van der Waals surface area contributed by atoms with Gasteiger partial charge in [-0.05, 0) is 68.6 Å². The maximum absolute atomic E-state index is 14.3. The molecule has 252 valence electrons. The Kier molecular flexibility index (Phi) is 15.3. The average molecular weight is 675 g/mol. The van der Waals surface area contributed by atoms with E-state index in [4.69, 9.17) is 17.3 Å². The van der Waals surface area contributed by atoms with Crippen LogP contribution in [0.4, 0.5) is 9.18 Å². The minimum atomic E-state index is -0.689. The number of benzene rings is 2. The minimum absolute atomic E-state index is 0.0237. The van der Waals surface area contributed by atoms with Crippen LogP contribution in [0.5, 0.6) is 0 Å². The van der Waals surface area contributed by atoms with E-state index in [1.807, 2.05) is 52.0 Å². The van der Waals surface area contributed by atoms with Gasteiger partial charge < -0.3 is 21.7 Å². The van der Waals surface area contributed by atoms with E-state index in [9.17, 15) is 18.8 Å². The van der Waals surface area contributed by atoms with E-state index in [0.29, 0.717) is 47.3 Å². The molecule has 0 spiro atoms. The quantitative estimate of drug-likeness (QED) is 0.122. The number of hydrogen-bond donors (Lipinski definition) is 5. The third-order valence-corrected chi connectivity index (χ3v) is 9.71. The molecule has 1 fully saturated rings. The van der Waals surface area contributed by atoms with Crippen LogP contribution in [0.1, 0.15) is 69.6 Å². The van der Waals surface area contributed by atoms with Crippen molar-refractivity contribution in [3.05, 3.63) is 70.0 Å². The molecular formula is C34H48ClFN6O3S. The van der Waals surface area contributed by atoms with Gasteiger partial charge in [0.2, 0.25) is 11.8 Å². The molecule has 0 unspecified atom stereocenters. The Balaban J connectivity index is 1.51. The summed E-state index contributed by atoms with van der Waals surface area (Å²) >= 11 is 7.57. The molecule has 0 heterocycles. The molecule has 1 aliphatic carbocycles. The molecule has 3 rings (SSSR count). The summed E-state index contributed by atoms with van der Waals surface area (Å²) in [6.07, 6.45) is 3.74. The maximum Gasteiger partial charge on any atom is 0.335 e. The fourth-order valence-corrected chi connectivity index (χ4v) is 6.58. The van der Waals surface area contributed by atoms with Crippen molar-refractivity contribution >= 4 is 46.9 Å². The van der Waals surface area contributed by atoms with Gasteiger partial charge in [0.1, 0.15) is 5.82 Å². The fourth-order valence-electron chi connectivity index (χ4n) is 5.20. The smallest absolute Gasteiger partial charge is 0.335 e. The summed E-state index contributed by atoms with van der Waals surface area (Å²) in [5, 5.41) is 13.6. The van der Waals surface area contributed by atoms with Crippen molar-refractivity contribution in [2.75, 3.05) is 12.3 Å². The Morgan fingerprint density at radius 2 is 1.76 bits per heavy atom. The number of hydrazone groups is 1. The highest BCUT2D eigenvalue weighted by Gasteiger charge is 2.27. The Labute approximate surface area is 281 Å². The van der Waals surface area contributed by atoms with Crippen molar-refractivity contribution in [3.8, 4) is 0 Å². The van der Waals surface area contributed by atoms with Crippen molar-refractivity contribution in [1.29, 1.82) is 0 Å². The van der Waals surface area contributed by atoms with Crippen LogP contribution < -0.4 is 27.1 Å². The fraction of sp³-hybridized carbons (Fsp3) is 0.529. The molecule has 0 saturated heterocycles. The molecule has 0 aromatic heterocycles. The second-order valence-corrected chi connectivity index (χ2v) is 13.7. The van der Waals surface area contributed by atoms with Gasteiger partial charge in [-0.15, -0.1) is 0 Å². The van der Waals surface area contributed by atoms with E-state index >= 15 is 0 Å². The molecule has 1 saturated carbocycles. The number of halogens is 2. The van der Waals surface area contributed by atoms with Gasteiger partial charge in [0.15, 0.2) is 0 Å². The summed E-state index contributed by atoms with van der Waals surface area (Å²) in [7, 11) is 0. The zero-order valence-corrected chi connectivity index (χ0v) is 28.8. The number of amides is 4. The van der Waals surface area contributed by atoms with E-state index in [2.05, 4.69) is 26.5 Å². The van der Waals surface area contributed by atoms with Gasteiger partial charge >= 0.3 is 6.03 Å². The van der Waals surface area contributed by atoms with E-state index in [1.165, 1.54) is 23.4 Å². The topological polar surface area (TPSA) is 138 Å². The largest absolute Gasteiger partial charge is 0.352 e. The molecule has 46 heavy (non-hydrogen) atoms. The molecule has 2 aromatic carbocycles. The third-order valence-electron chi connectivity index (χ3n) is 8.36. The number of aryl methyl sites for hydroxylation is 1. The lowest BCUT2D eigenvalue weighted by Gasteiger charge is -2.28. The molecule has 0 aliphatic heterocycles. The van der Waals surface area contributed by atoms with Crippen LogP contribution in [0.3, 0.4) is 0 Å². The summed E-state index contributed by atoms with van der Waals surface area (Å²) in [5.41, 5.74) is 11.8. The SMILES string of the molecule is CC[C@H](NC(=O)[C@@H](N)C(C)C)/C(CSCc1c(F)cccc1Cl)=N\NC(=O)NCC1CCC(C(=O)NCc2ccc(C)cc2)CC1. The molecule has 2 atom stereocenters. The first-order valence-electron chi connectivity index (χ1n) is 16.0. The van der Waals surface area contributed by atoms with E-state index in [1.54, 1.807) is 12.1 Å². The van der Waals surface area contributed by atoms with Crippen molar-refractivity contribution in [2.24, 2.45) is 28.6 Å². The second kappa shape index (κ2) is 18.9. The lowest BCUT2D eigenvalue weighted by atomic mass is 9.81. The summed E-state index contributed by atoms with van der Waals surface area (Å²) < 4.78 is 14.3. The number of carbonyl (C=O) groups is 3. The zero-order chi connectivity index (χ0) is 33.6. The van der Waals surface area contributed by atoms with Gasteiger partial charge in [-0.2, -0.15) is 16.9 Å². The predicted molar refractivity (Wildman–Crippen MR) is 185 cm³/mol. The molecule has 0 radical (unpaired) electrons. The summed E-state index contributed by atoms with van der Waals surface area (Å²) in [6, 6.07) is 11.0. The summed E-state index contributed by atoms with van der Waals surface area (Å²) in [5.74, 6) is 0.171. The molecule has 1 aliphatic rings. The number of hydrogen-bond acceptors (Lipinski definition) is 6. The van der Waals surface area contributed by atoms with Gasteiger partial charge in [0.25, 0.3) is 0 Å². The summed E-state index contributed by atoms with van der Waals surface area (Å²) in [6.45, 7) is 8.66. The summed E-state index contributed by atoms with van der Waals surface area (Å²) in [4.78, 5) is 38.2. The van der Waals surface area contributed by atoms with Crippen LogP contribution in [0, 0.1) is 30.5 Å². The van der Waals surface area contributed by atoms with Crippen molar-refractivity contribution in [1.82, 2.24) is 21.4 Å². The molecule has 0 bridgehead atoms. The second-order valence-electron chi connectivity index (χ2n) is 12.3. The van der Waals surface area contributed by atoms with Crippen LogP contribution in [-0.2, 0) is 21.9 Å². The molecule has 6 N–H and O–H groups in total. The number of nitrogens with zero attached hydrogens (tertiary/aromatic N) is 1. The Morgan fingerprint density at radius 3 is 2.39 bits per heavy atom. The third kappa shape index (κ3) is 11.9. The molecule has 2 aromatic rings. The highest BCUT2D eigenvalue weighted by Crippen LogP contribution is 2.29. The molecule has 12 heteroatoms. The number of thioether (sulfide) groups is 1. The van der Waals surface area contributed by atoms with Crippen molar-refractivity contribution in [3.63, 3.8) is 0 Å². The number of carbonyl (C=O) groups excluding carboxylic acids is 3. The van der Waals surface area contributed by atoms with E-state index < -0.39 is 23.9 Å². The van der Waals surface area contributed by atoms with Gasteiger partial charge in [-0.1, -0.05) is 68.3 Å². The number of nitrogens with one attached hydrogen (secondary N) is 4. The average Bonchev–Trinajstić information content (AvgIpc) is 3.04. The number of urea groups is 1. The van der Waals surface area contributed by atoms with Gasteiger partial charge in [0, 0.05) is 41.1 Å². The molecule has 4 amide bonds. The predicted octanol–water partition coefficient (Wildman–Crippen LogP) is 5.68. The normalized spacial score (nSPS) is 18.0. The first-order valence-corrected chi connectivity index (χ1v) is 17.5. The van der Waals surface area contributed by atoms with Gasteiger partial charge in [0.05, 0.1) is 17.8 Å². The lowest BCUT2D eigenvalue weighted by Crippen LogP contribution is -2.51. The number of rotatable bonds is 15. The first kappa shape index (κ1) is 37.3. The van der Waals surface area contributed by atoms with E-state index in [0.717, 1.165) is 31.2 Å². The Bertz CT molecular complexity index is 1310. The number of nitrogens with two attached hydrogens (primary N) is 1. The Morgan fingerprint density at radius 1 is 1.07 bits per heavy atom. The van der Waals surface area contributed by atoms with Crippen LogP contribution >= 0.6 is 23.4 Å². The minimum Gasteiger partial charge on any atom is -0.352 e. The van der Waals surface area contributed by atoms with Gasteiger partial charge in [-0.3, -0.25) is 9.59 Å². The molecular weight excluding hydrogens is 627 g/mol. The first-order chi connectivity index (χ1) is 22.0. The highest BCUT2D eigenvalue weighted by molar-refractivity contribution is 7.99. The zero-order valence-electron chi connectivity index (χ0n) is 27.2. The van der Waals surface area contributed by atoms with Gasteiger partial charge in [-0.25, -0.2) is 14.6 Å². The van der Waals surface area contributed by atoms with Crippen LogP contribution in [0.15, 0.2) is 47.6 Å². The lowest BCUT2D eigenvalue weighted by molar-refractivity contribution is -0.126. The standard InChI is InChI=1S/C34H48ClFN6O3S/c1-5-29(40-33(44)31(37)21(2)3)30(20-46-19-26-27(35)7-6-8-28(26)36)41-42-34(45)39-18-24-13-15-25(16-14-24)32(43)38-17-23-11-9-22(4)10-12-23/h6-12,21,24-25,29,31H,5,13-20,37H2,1-4H3,(H,38,43)(H,40,44)(H2,39,42,45)/b41-30-/t24?,25?,29-,31-/m0/s1. The van der Waals surface area contributed by atoms with Crippen LogP contribution in [-0.4, -0.2) is 47.9 Å².